The number of methoxy groups -OCH3 is 1. The highest BCUT2D eigenvalue weighted by Gasteiger charge is 2.12. The molecule has 1 saturated heterocycles. The lowest BCUT2D eigenvalue weighted by molar-refractivity contribution is 0.307. The summed E-state index contributed by atoms with van der Waals surface area (Å²) in [6, 6.07) is 1.97. The van der Waals surface area contributed by atoms with E-state index >= 15 is 0 Å². The smallest absolute Gasteiger partial charge is 0.299 e. The van der Waals surface area contributed by atoms with Crippen LogP contribution in [-0.4, -0.2) is 41.2 Å². The Morgan fingerprint density at radius 1 is 1.33 bits per heavy atom. The number of hydrogen-bond acceptors (Lipinski definition) is 4. The van der Waals surface area contributed by atoms with Crippen molar-refractivity contribution in [2.75, 3.05) is 26.7 Å². The van der Waals surface area contributed by atoms with Crippen molar-refractivity contribution in [1.82, 2.24) is 14.5 Å². The molecular formula is C13H21N3O2. The molecule has 0 unspecified atom stereocenters. The summed E-state index contributed by atoms with van der Waals surface area (Å²) in [6.07, 6.45) is 3.56. The minimum Gasteiger partial charge on any atom is -0.468 e. The highest BCUT2D eigenvalue weighted by Crippen LogP contribution is 2.09. The standard InChI is InChI=1S/C13H21N3O2/c1-11-10-12(17)16(13(14-11)18-2)9-5-8-15-6-3-4-7-15/h10H,3-9H2,1-2H3. The van der Waals surface area contributed by atoms with Crippen molar-refractivity contribution in [2.45, 2.75) is 32.7 Å². The zero-order chi connectivity index (χ0) is 13.0. The van der Waals surface area contributed by atoms with Gasteiger partial charge in [-0.15, -0.1) is 0 Å². The van der Waals surface area contributed by atoms with Gasteiger partial charge >= 0.3 is 0 Å². The van der Waals surface area contributed by atoms with Gasteiger partial charge in [0.15, 0.2) is 0 Å². The summed E-state index contributed by atoms with van der Waals surface area (Å²) in [7, 11) is 1.55. The average molecular weight is 251 g/mol. The molecule has 0 spiro atoms. The monoisotopic (exact) mass is 251 g/mol. The van der Waals surface area contributed by atoms with Crippen molar-refractivity contribution in [3.05, 3.63) is 22.1 Å². The van der Waals surface area contributed by atoms with Crippen LogP contribution in [0.2, 0.25) is 0 Å². The summed E-state index contributed by atoms with van der Waals surface area (Å²) in [5.74, 6) is 0. The predicted molar refractivity (Wildman–Crippen MR) is 70.1 cm³/mol. The van der Waals surface area contributed by atoms with Gasteiger partial charge in [0.2, 0.25) is 0 Å². The average Bonchev–Trinajstić information content (AvgIpc) is 2.84. The molecule has 0 aromatic carbocycles. The third-order valence-corrected chi connectivity index (χ3v) is 3.34. The van der Waals surface area contributed by atoms with Crippen LogP contribution < -0.4 is 10.3 Å². The Labute approximate surface area is 107 Å². The van der Waals surface area contributed by atoms with E-state index in [1.807, 2.05) is 0 Å². The lowest BCUT2D eigenvalue weighted by atomic mass is 10.3. The fourth-order valence-corrected chi connectivity index (χ4v) is 2.41. The van der Waals surface area contributed by atoms with Gasteiger partial charge < -0.3 is 9.64 Å². The van der Waals surface area contributed by atoms with E-state index in [0.717, 1.165) is 13.0 Å². The molecule has 0 bridgehead atoms. The first-order valence-electron chi connectivity index (χ1n) is 6.55. The number of nitrogens with zero attached hydrogens (tertiary/aromatic N) is 3. The maximum Gasteiger partial charge on any atom is 0.299 e. The van der Waals surface area contributed by atoms with Gasteiger partial charge in [0.05, 0.1) is 7.11 Å². The molecule has 18 heavy (non-hydrogen) atoms. The molecule has 0 radical (unpaired) electrons. The van der Waals surface area contributed by atoms with Crippen LogP contribution in [0.4, 0.5) is 0 Å². The van der Waals surface area contributed by atoms with Crippen molar-refractivity contribution in [3.8, 4) is 6.01 Å². The molecule has 1 aliphatic rings. The van der Waals surface area contributed by atoms with Crippen molar-refractivity contribution in [3.63, 3.8) is 0 Å². The van der Waals surface area contributed by atoms with Crippen molar-refractivity contribution in [2.24, 2.45) is 0 Å². The molecule has 0 saturated carbocycles. The third kappa shape index (κ3) is 3.10. The lowest BCUT2D eigenvalue weighted by Crippen LogP contribution is -2.26. The largest absolute Gasteiger partial charge is 0.468 e. The van der Waals surface area contributed by atoms with Gasteiger partial charge in [-0.25, -0.2) is 4.98 Å². The summed E-state index contributed by atoms with van der Waals surface area (Å²) in [5, 5.41) is 0. The van der Waals surface area contributed by atoms with Crippen LogP contribution in [0.15, 0.2) is 10.9 Å². The van der Waals surface area contributed by atoms with Crippen LogP contribution in [0.25, 0.3) is 0 Å². The van der Waals surface area contributed by atoms with E-state index in [4.69, 9.17) is 4.74 Å². The summed E-state index contributed by atoms with van der Waals surface area (Å²) >= 11 is 0. The van der Waals surface area contributed by atoms with Gasteiger partial charge in [0.1, 0.15) is 0 Å². The third-order valence-electron chi connectivity index (χ3n) is 3.34. The van der Waals surface area contributed by atoms with Gasteiger partial charge in [-0.05, 0) is 45.8 Å². The fraction of sp³-hybridized carbons (Fsp3) is 0.692. The van der Waals surface area contributed by atoms with Gasteiger partial charge in [-0.1, -0.05) is 0 Å². The van der Waals surface area contributed by atoms with E-state index in [-0.39, 0.29) is 5.56 Å². The van der Waals surface area contributed by atoms with Gasteiger partial charge in [0, 0.05) is 18.3 Å². The van der Waals surface area contributed by atoms with Crippen LogP contribution >= 0.6 is 0 Å². The summed E-state index contributed by atoms with van der Waals surface area (Å²) < 4.78 is 6.78. The Morgan fingerprint density at radius 3 is 2.72 bits per heavy atom. The van der Waals surface area contributed by atoms with E-state index in [2.05, 4.69) is 9.88 Å². The molecule has 0 N–H and O–H groups in total. The van der Waals surface area contributed by atoms with Crippen LogP contribution in [0, 0.1) is 6.92 Å². The minimum absolute atomic E-state index is 0.0271. The second kappa shape index (κ2) is 6.00. The van der Waals surface area contributed by atoms with Gasteiger partial charge in [-0.2, -0.15) is 0 Å². The molecule has 1 aromatic rings. The first-order chi connectivity index (χ1) is 8.70. The zero-order valence-corrected chi connectivity index (χ0v) is 11.2. The highest BCUT2D eigenvalue weighted by atomic mass is 16.5. The maximum atomic E-state index is 11.9. The number of hydrogen-bond donors (Lipinski definition) is 0. The highest BCUT2D eigenvalue weighted by molar-refractivity contribution is 5.06. The van der Waals surface area contributed by atoms with Gasteiger partial charge in [-0.3, -0.25) is 9.36 Å². The van der Waals surface area contributed by atoms with Crippen molar-refractivity contribution in [1.29, 1.82) is 0 Å². The van der Waals surface area contributed by atoms with E-state index in [0.29, 0.717) is 18.2 Å². The zero-order valence-electron chi connectivity index (χ0n) is 11.2. The molecule has 5 heteroatoms. The number of aromatic nitrogens is 2. The Balaban J connectivity index is 1.97. The maximum absolute atomic E-state index is 11.9. The number of rotatable bonds is 5. The molecule has 1 aliphatic heterocycles. The fourth-order valence-electron chi connectivity index (χ4n) is 2.41. The Hall–Kier alpha value is -1.36. The predicted octanol–water partition coefficient (Wildman–Crippen LogP) is 1.05. The quantitative estimate of drug-likeness (QED) is 0.784. The van der Waals surface area contributed by atoms with Crippen LogP contribution in [-0.2, 0) is 6.54 Å². The minimum atomic E-state index is -0.0271. The normalized spacial score (nSPS) is 16.1. The molecule has 2 heterocycles. The van der Waals surface area contributed by atoms with E-state index in [9.17, 15) is 4.79 Å². The Kier molecular flexibility index (Phi) is 4.36. The van der Waals surface area contributed by atoms with Crippen LogP contribution in [0.5, 0.6) is 6.01 Å². The molecule has 100 valence electrons. The summed E-state index contributed by atoms with van der Waals surface area (Å²) in [6.45, 7) is 5.91. The van der Waals surface area contributed by atoms with Crippen LogP contribution in [0.1, 0.15) is 25.0 Å². The topological polar surface area (TPSA) is 47.4 Å². The Morgan fingerprint density at radius 2 is 2.06 bits per heavy atom. The number of likely N-dealkylation sites (tertiary alicyclic amines) is 1. The molecular weight excluding hydrogens is 230 g/mol. The van der Waals surface area contributed by atoms with Crippen LogP contribution in [0.3, 0.4) is 0 Å². The molecule has 0 aliphatic carbocycles. The molecule has 5 nitrogen and oxygen atoms in total. The summed E-state index contributed by atoms with van der Waals surface area (Å²) in [4.78, 5) is 18.5. The van der Waals surface area contributed by atoms with E-state index in [1.54, 1.807) is 24.7 Å². The van der Waals surface area contributed by atoms with E-state index in [1.165, 1.54) is 25.9 Å². The number of ether oxygens (including phenoxy) is 1. The molecule has 2 rings (SSSR count). The first kappa shape index (κ1) is 13.1. The number of aryl methyl sites for hydroxylation is 1. The first-order valence-corrected chi connectivity index (χ1v) is 6.55. The molecule has 1 fully saturated rings. The SMILES string of the molecule is COc1nc(C)cc(=O)n1CCCN1CCCC1. The lowest BCUT2D eigenvalue weighted by Gasteiger charge is -2.15. The van der Waals surface area contributed by atoms with Crippen molar-refractivity contribution >= 4 is 0 Å². The second-order valence-corrected chi connectivity index (χ2v) is 4.78. The Bertz CT molecular complexity index is 450. The molecule has 1 aromatic heterocycles. The second-order valence-electron chi connectivity index (χ2n) is 4.78. The van der Waals surface area contributed by atoms with Gasteiger partial charge in [0.25, 0.3) is 11.6 Å². The van der Waals surface area contributed by atoms with E-state index < -0.39 is 0 Å². The molecule has 0 amide bonds. The summed E-state index contributed by atoms with van der Waals surface area (Å²) in [5.41, 5.74) is 0.674. The molecule has 0 atom stereocenters. The van der Waals surface area contributed by atoms with Crippen molar-refractivity contribution < 1.29 is 4.74 Å².